The van der Waals surface area contributed by atoms with Crippen molar-refractivity contribution >= 4 is 10.8 Å². The van der Waals surface area contributed by atoms with Crippen LogP contribution in [0.3, 0.4) is 0 Å². The molecule has 2 N–H and O–H groups in total. The molecule has 1 saturated carbocycles. The molecule has 1 aliphatic carbocycles. The largest absolute Gasteiger partial charge is 0.327 e. The van der Waals surface area contributed by atoms with Gasteiger partial charge in [-0.25, -0.2) is 0 Å². The van der Waals surface area contributed by atoms with Gasteiger partial charge in [-0.3, -0.25) is 0 Å². The Hall–Kier alpha value is -1.34. The zero-order chi connectivity index (χ0) is 14.5. The van der Waals surface area contributed by atoms with Crippen molar-refractivity contribution in [3.8, 4) is 0 Å². The average Bonchev–Trinajstić information content (AvgIpc) is 2.76. The summed E-state index contributed by atoms with van der Waals surface area (Å²) in [5.74, 6) is 0.859. The lowest BCUT2D eigenvalue weighted by Crippen LogP contribution is -2.26. The van der Waals surface area contributed by atoms with Gasteiger partial charge in [0, 0.05) is 6.04 Å². The van der Waals surface area contributed by atoms with Crippen molar-refractivity contribution in [2.45, 2.75) is 57.4 Å². The summed E-state index contributed by atoms with van der Waals surface area (Å²) in [5, 5.41) is 2.70. The number of rotatable bonds is 4. The van der Waals surface area contributed by atoms with Crippen molar-refractivity contribution < 1.29 is 0 Å². The van der Waals surface area contributed by atoms with E-state index in [-0.39, 0.29) is 0 Å². The minimum Gasteiger partial charge on any atom is -0.327 e. The molecule has 1 atom stereocenters. The third-order valence-electron chi connectivity index (χ3n) is 4.97. The van der Waals surface area contributed by atoms with Crippen molar-refractivity contribution in [3.05, 3.63) is 48.0 Å². The molecule has 0 aromatic heterocycles. The molecule has 2 aromatic rings. The fourth-order valence-electron chi connectivity index (χ4n) is 3.86. The molecule has 0 spiro atoms. The van der Waals surface area contributed by atoms with E-state index in [4.69, 9.17) is 5.73 Å². The molecule has 0 heterocycles. The molecule has 112 valence electrons. The van der Waals surface area contributed by atoms with E-state index in [1.807, 2.05) is 0 Å². The van der Waals surface area contributed by atoms with Crippen LogP contribution in [0.15, 0.2) is 42.5 Å². The maximum absolute atomic E-state index is 6.48. The number of hydrogen-bond donors (Lipinski definition) is 1. The Bertz CT molecular complexity index is 562. The summed E-state index contributed by atoms with van der Waals surface area (Å²) in [6.07, 6.45) is 10.7. The Kier molecular flexibility index (Phi) is 4.92. The van der Waals surface area contributed by atoms with Crippen LogP contribution in [0, 0.1) is 5.92 Å². The van der Waals surface area contributed by atoms with Crippen molar-refractivity contribution in [2.75, 3.05) is 0 Å². The Morgan fingerprint density at radius 3 is 2.43 bits per heavy atom. The first-order valence-corrected chi connectivity index (χ1v) is 8.55. The third-order valence-corrected chi connectivity index (χ3v) is 4.97. The van der Waals surface area contributed by atoms with Crippen molar-refractivity contribution in [1.82, 2.24) is 0 Å². The summed E-state index contributed by atoms with van der Waals surface area (Å²) in [6.45, 7) is 0. The van der Waals surface area contributed by atoms with Gasteiger partial charge in [0.15, 0.2) is 0 Å². The molecule has 0 amide bonds. The minimum atomic E-state index is 0.305. The van der Waals surface area contributed by atoms with Gasteiger partial charge in [-0.2, -0.15) is 0 Å². The van der Waals surface area contributed by atoms with E-state index < -0.39 is 0 Å². The van der Waals surface area contributed by atoms with Crippen LogP contribution in [0.2, 0.25) is 0 Å². The van der Waals surface area contributed by atoms with Crippen molar-refractivity contribution in [3.63, 3.8) is 0 Å². The first-order chi connectivity index (χ1) is 10.3. The van der Waals surface area contributed by atoms with Crippen LogP contribution >= 0.6 is 0 Å². The normalized spacial score (nSPS) is 18.5. The predicted octanol–water partition coefficient (Wildman–Crippen LogP) is 5.07. The molecule has 1 heteroatoms. The Morgan fingerprint density at radius 2 is 1.62 bits per heavy atom. The van der Waals surface area contributed by atoms with Crippen molar-refractivity contribution in [1.29, 1.82) is 0 Å². The van der Waals surface area contributed by atoms with Crippen LogP contribution in [-0.2, 0) is 6.42 Å². The lowest BCUT2D eigenvalue weighted by molar-refractivity contribution is 0.387. The molecule has 1 fully saturated rings. The molecular formula is C20H27N. The zero-order valence-corrected chi connectivity index (χ0v) is 12.9. The van der Waals surface area contributed by atoms with E-state index in [1.165, 1.54) is 61.3 Å². The van der Waals surface area contributed by atoms with E-state index in [1.54, 1.807) is 0 Å². The second-order valence-electron chi connectivity index (χ2n) is 6.70. The highest BCUT2D eigenvalue weighted by molar-refractivity contribution is 5.85. The van der Waals surface area contributed by atoms with Gasteiger partial charge in [-0.15, -0.1) is 0 Å². The molecule has 1 aliphatic rings. The fourth-order valence-corrected chi connectivity index (χ4v) is 3.86. The topological polar surface area (TPSA) is 26.0 Å². The lowest BCUT2D eigenvalue weighted by atomic mass is 9.89. The monoisotopic (exact) mass is 281 g/mol. The molecule has 1 unspecified atom stereocenters. The molecule has 0 radical (unpaired) electrons. The van der Waals surface area contributed by atoms with E-state index in [2.05, 4.69) is 42.5 Å². The van der Waals surface area contributed by atoms with Crippen LogP contribution in [0.1, 0.15) is 50.5 Å². The predicted molar refractivity (Wildman–Crippen MR) is 91.4 cm³/mol. The Labute approximate surface area is 128 Å². The van der Waals surface area contributed by atoms with Crippen LogP contribution in [-0.4, -0.2) is 6.04 Å². The average molecular weight is 281 g/mol. The minimum absolute atomic E-state index is 0.305. The second-order valence-corrected chi connectivity index (χ2v) is 6.70. The number of benzene rings is 2. The summed E-state index contributed by atoms with van der Waals surface area (Å²) in [6, 6.07) is 15.6. The van der Waals surface area contributed by atoms with Gasteiger partial charge in [-0.1, -0.05) is 81.0 Å². The molecule has 0 aliphatic heterocycles. The number of nitrogens with two attached hydrogens (primary N) is 1. The summed E-state index contributed by atoms with van der Waals surface area (Å²) in [7, 11) is 0. The van der Waals surface area contributed by atoms with E-state index in [0.717, 1.165) is 12.3 Å². The van der Waals surface area contributed by atoms with Crippen LogP contribution in [0.4, 0.5) is 0 Å². The zero-order valence-electron chi connectivity index (χ0n) is 12.9. The van der Waals surface area contributed by atoms with Crippen molar-refractivity contribution in [2.24, 2.45) is 11.7 Å². The summed E-state index contributed by atoms with van der Waals surface area (Å²) >= 11 is 0. The quantitative estimate of drug-likeness (QED) is 0.778. The summed E-state index contributed by atoms with van der Waals surface area (Å²) in [4.78, 5) is 0. The highest BCUT2D eigenvalue weighted by atomic mass is 14.6. The number of fused-ring (bicyclic) bond motifs is 1. The summed E-state index contributed by atoms with van der Waals surface area (Å²) < 4.78 is 0. The Balaban J connectivity index is 1.67. The molecule has 2 aromatic carbocycles. The third kappa shape index (κ3) is 3.85. The first kappa shape index (κ1) is 14.6. The van der Waals surface area contributed by atoms with Gasteiger partial charge in [0.2, 0.25) is 0 Å². The van der Waals surface area contributed by atoms with Crippen LogP contribution < -0.4 is 5.73 Å². The fraction of sp³-hybridized carbons (Fsp3) is 0.500. The maximum atomic E-state index is 6.48. The highest BCUT2D eigenvalue weighted by Gasteiger charge is 2.16. The van der Waals surface area contributed by atoms with Gasteiger partial charge in [-0.05, 0) is 35.1 Å². The molecule has 0 saturated heterocycles. The van der Waals surface area contributed by atoms with E-state index in [0.29, 0.717) is 6.04 Å². The van der Waals surface area contributed by atoms with Gasteiger partial charge in [0.25, 0.3) is 0 Å². The lowest BCUT2D eigenvalue weighted by Gasteiger charge is -2.20. The smallest absolute Gasteiger partial charge is 0.00821 e. The van der Waals surface area contributed by atoms with Gasteiger partial charge in [0.1, 0.15) is 0 Å². The molecule has 21 heavy (non-hydrogen) atoms. The summed E-state index contributed by atoms with van der Waals surface area (Å²) in [5.41, 5.74) is 7.89. The van der Waals surface area contributed by atoms with Crippen LogP contribution in [0.5, 0.6) is 0 Å². The standard InChI is InChI=1S/C20H27N/c21-19(14-16-8-3-1-2-4-9-16)15-18-12-7-11-17-10-5-6-13-20(17)18/h5-7,10-13,16,19H,1-4,8-9,14-15,21H2. The van der Waals surface area contributed by atoms with Gasteiger partial charge < -0.3 is 5.73 Å². The van der Waals surface area contributed by atoms with E-state index >= 15 is 0 Å². The molecule has 3 rings (SSSR count). The number of hydrogen-bond acceptors (Lipinski definition) is 1. The van der Waals surface area contributed by atoms with Gasteiger partial charge in [0.05, 0.1) is 0 Å². The van der Waals surface area contributed by atoms with Crippen LogP contribution in [0.25, 0.3) is 10.8 Å². The first-order valence-electron chi connectivity index (χ1n) is 8.55. The highest BCUT2D eigenvalue weighted by Crippen LogP contribution is 2.27. The Morgan fingerprint density at radius 1 is 0.905 bits per heavy atom. The second kappa shape index (κ2) is 7.09. The van der Waals surface area contributed by atoms with Gasteiger partial charge >= 0.3 is 0 Å². The van der Waals surface area contributed by atoms with E-state index in [9.17, 15) is 0 Å². The SMILES string of the molecule is NC(Cc1cccc2ccccc12)CC1CCCCCC1. The maximum Gasteiger partial charge on any atom is 0.00821 e. The molecule has 1 nitrogen and oxygen atoms in total. The molecule has 0 bridgehead atoms. The molecular weight excluding hydrogens is 254 g/mol.